The van der Waals surface area contributed by atoms with Crippen LogP contribution in [0.15, 0.2) is 170 Å². The topological polar surface area (TPSA) is 40.6 Å². The Hall–Kier alpha value is -6.09. The fourth-order valence-electron chi connectivity index (χ4n) is 8.52. The average molecular weight is 733 g/mol. The van der Waals surface area contributed by atoms with Gasteiger partial charge in [-0.3, -0.25) is 9.59 Å². The van der Waals surface area contributed by atoms with Crippen LogP contribution in [0.1, 0.15) is 31.8 Å². The Labute approximate surface area is 319 Å². The lowest BCUT2D eigenvalue weighted by atomic mass is 9.98. The largest absolute Gasteiger partial charge is 0.311 e. The molecule has 0 unspecified atom stereocenters. The molecule has 4 nitrogen and oxygen atoms in total. The van der Waals surface area contributed by atoms with Crippen molar-refractivity contribution in [2.75, 3.05) is 9.80 Å². The number of rotatable bonds is 6. The Kier molecular flexibility index (Phi) is 7.99. The van der Waals surface area contributed by atoms with Crippen molar-refractivity contribution >= 4 is 82.6 Å². The second kappa shape index (κ2) is 12.8. The molecule has 0 amide bonds. The Bertz CT molecular complexity index is 2310. The van der Waals surface area contributed by atoms with Crippen LogP contribution in [0.2, 0.25) is 26.2 Å². The van der Waals surface area contributed by atoms with E-state index in [1.807, 2.05) is 48.5 Å². The molecule has 0 fully saturated rings. The summed E-state index contributed by atoms with van der Waals surface area (Å²) in [6.07, 6.45) is 0. The second-order valence-corrected chi connectivity index (χ2v) is 24.0. The quantitative estimate of drug-likeness (QED) is 0.126. The number of carbonyl (C=O) groups excluding carboxylic acids is 2. The molecular formula is C48H40N2O2Si2. The highest BCUT2D eigenvalue weighted by molar-refractivity contribution is 7.03. The first kappa shape index (κ1) is 33.7. The summed E-state index contributed by atoms with van der Waals surface area (Å²) in [4.78, 5) is 32.0. The van der Waals surface area contributed by atoms with E-state index in [9.17, 15) is 9.59 Å². The summed E-state index contributed by atoms with van der Waals surface area (Å²) in [6, 6.07) is 57.6. The van der Waals surface area contributed by atoms with Gasteiger partial charge in [-0.05, 0) is 93.5 Å². The summed E-state index contributed by atoms with van der Waals surface area (Å²) in [6.45, 7) is 9.65. The predicted octanol–water partition coefficient (Wildman–Crippen LogP) is 9.36. The van der Waals surface area contributed by atoms with Crippen molar-refractivity contribution in [3.8, 4) is 0 Å². The van der Waals surface area contributed by atoms with Crippen molar-refractivity contribution in [3.05, 3.63) is 192 Å². The molecule has 0 saturated heterocycles. The van der Waals surface area contributed by atoms with Gasteiger partial charge in [0.25, 0.3) is 0 Å². The number of ketones is 2. The van der Waals surface area contributed by atoms with Gasteiger partial charge in [0.05, 0.1) is 0 Å². The first-order valence-electron chi connectivity index (χ1n) is 18.5. The average Bonchev–Trinajstić information content (AvgIpc) is 3.21. The van der Waals surface area contributed by atoms with E-state index in [-0.39, 0.29) is 11.6 Å². The maximum Gasteiger partial charge on any atom is 0.193 e. The Morgan fingerprint density at radius 2 is 0.556 bits per heavy atom. The second-order valence-electron chi connectivity index (χ2n) is 15.3. The third-order valence-corrected chi connectivity index (χ3v) is 18.5. The molecule has 0 bridgehead atoms. The number of benzene rings is 7. The molecule has 0 spiro atoms. The summed E-state index contributed by atoms with van der Waals surface area (Å²) in [5, 5.41) is 5.61. The van der Waals surface area contributed by atoms with Crippen LogP contribution in [-0.2, 0) is 0 Å². The van der Waals surface area contributed by atoms with Crippen LogP contribution in [0, 0.1) is 0 Å². The molecule has 0 saturated carbocycles. The minimum absolute atomic E-state index is 0.0776. The van der Waals surface area contributed by atoms with Crippen LogP contribution in [-0.4, -0.2) is 27.7 Å². The number of para-hydroxylation sites is 4. The maximum atomic E-state index is 13.7. The van der Waals surface area contributed by atoms with E-state index in [2.05, 4.69) is 133 Å². The number of hydrogen-bond acceptors (Lipinski definition) is 4. The molecule has 0 radical (unpaired) electrons. The summed E-state index contributed by atoms with van der Waals surface area (Å²) < 4.78 is 0. The van der Waals surface area contributed by atoms with Gasteiger partial charge in [-0.2, -0.15) is 0 Å². The fourth-order valence-corrected chi connectivity index (χ4v) is 14.5. The molecule has 2 aliphatic heterocycles. The Balaban J connectivity index is 0.946. The Morgan fingerprint density at radius 1 is 0.333 bits per heavy atom. The molecular weight excluding hydrogens is 693 g/mol. The highest BCUT2D eigenvalue weighted by Gasteiger charge is 2.39. The molecule has 2 heterocycles. The molecule has 0 aliphatic carbocycles. The summed E-state index contributed by atoms with van der Waals surface area (Å²) >= 11 is 0. The molecule has 262 valence electrons. The van der Waals surface area contributed by atoms with Crippen molar-refractivity contribution in [2.24, 2.45) is 0 Å². The number of carbonyl (C=O) groups is 2. The highest BCUT2D eigenvalue weighted by atomic mass is 28.3. The van der Waals surface area contributed by atoms with Gasteiger partial charge < -0.3 is 9.80 Å². The number of anilines is 6. The van der Waals surface area contributed by atoms with Crippen molar-refractivity contribution < 1.29 is 9.59 Å². The Morgan fingerprint density at radius 3 is 0.815 bits per heavy atom. The van der Waals surface area contributed by atoms with E-state index < -0.39 is 16.1 Å². The molecule has 7 aromatic rings. The van der Waals surface area contributed by atoms with Gasteiger partial charge in [-0.15, -0.1) is 0 Å². The number of hydrogen-bond donors (Lipinski definition) is 0. The molecule has 0 atom stereocenters. The normalized spacial score (nSPS) is 14.7. The summed E-state index contributed by atoms with van der Waals surface area (Å²) in [5.74, 6) is -0.155. The van der Waals surface area contributed by atoms with Gasteiger partial charge in [-0.25, -0.2) is 0 Å². The lowest BCUT2D eigenvalue weighted by Gasteiger charge is -2.41. The van der Waals surface area contributed by atoms with Crippen molar-refractivity contribution in [2.45, 2.75) is 26.2 Å². The third-order valence-electron chi connectivity index (χ3n) is 11.5. The molecule has 6 heteroatoms. The SMILES string of the molecule is C[Si]1(C)c2ccccc2N(c2ccc(C(=O)c3ccc(C(=O)c4ccc(N5c6ccccc6[Si](C)(C)c6ccccc65)cc4)cc3)cc2)c2ccccc21. The smallest absolute Gasteiger partial charge is 0.193 e. The zero-order valence-corrected chi connectivity index (χ0v) is 32.9. The van der Waals surface area contributed by atoms with E-state index in [4.69, 9.17) is 0 Å². The fraction of sp³-hybridized carbons (Fsp3) is 0.0833. The summed E-state index contributed by atoms with van der Waals surface area (Å²) in [7, 11) is -3.74. The zero-order chi connectivity index (χ0) is 37.2. The summed E-state index contributed by atoms with van der Waals surface area (Å²) in [5.41, 5.74) is 9.15. The van der Waals surface area contributed by atoms with Crippen LogP contribution in [0.5, 0.6) is 0 Å². The molecule has 7 aromatic carbocycles. The lowest BCUT2D eigenvalue weighted by Crippen LogP contribution is -2.58. The first-order valence-corrected chi connectivity index (χ1v) is 24.5. The molecule has 54 heavy (non-hydrogen) atoms. The van der Waals surface area contributed by atoms with E-state index in [0.717, 1.165) is 11.4 Å². The molecule has 0 aromatic heterocycles. The van der Waals surface area contributed by atoms with Crippen LogP contribution < -0.4 is 30.5 Å². The van der Waals surface area contributed by atoms with Gasteiger partial charge in [0, 0.05) is 56.4 Å². The predicted molar refractivity (Wildman–Crippen MR) is 229 cm³/mol. The minimum Gasteiger partial charge on any atom is -0.311 e. The molecule has 0 N–H and O–H groups in total. The standard InChI is InChI=1S/C48H40N2O2Si2/c1-53(2)43-17-9-5-13-39(43)49(40-14-6-10-18-44(40)53)37-29-25-35(26-30-37)47(51)33-21-23-34(24-22-33)48(52)36-27-31-38(32-28-36)50-41-15-7-11-19-45(41)54(3,4)46-20-12-8-16-42(46)50/h5-32H,1-4H3. The van der Waals surface area contributed by atoms with Gasteiger partial charge in [0.15, 0.2) is 11.6 Å². The molecule has 2 aliphatic rings. The number of nitrogens with zero attached hydrogens (tertiary/aromatic N) is 2. The maximum absolute atomic E-state index is 13.7. The van der Waals surface area contributed by atoms with Gasteiger partial charge >= 0.3 is 0 Å². The van der Waals surface area contributed by atoms with E-state index >= 15 is 0 Å². The van der Waals surface area contributed by atoms with Crippen LogP contribution in [0.25, 0.3) is 0 Å². The van der Waals surface area contributed by atoms with Crippen LogP contribution in [0.3, 0.4) is 0 Å². The third kappa shape index (κ3) is 5.32. The van der Waals surface area contributed by atoms with Gasteiger partial charge in [0.2, 0.25) is 0 Å². The van der Waals surface area contributed by atoms with Crippen molar-refractivity contribution in [1.29, 1.82) is 0 Å². The van der Waals surface area contributed by atoms with Crippen molar-refractivity contribution in [1.82, 2.24) is 0 Å². The van der Waals surface area contributed by atoms with Gasteiger partial charge in [0.1, 0.15) is 16.1 Å². The lowest BCUT2D eigenvalue weighted by molar-refractivity contribution is 0.102. The molecule has 9 rings (SSSR count). The van der Waals surface area contributed by atoms with E-state index in [1.165, 1.54) is 43.5 Å². The van der Waals surface area contributed by atoms with Gasteiger partial charge in [-0.1, -0.05) is 123 Å². The highest BCUT2D eigenvalue weighted by Crippen LogP contribution is 2.39. The van der Waals surface area contributed by atoms with Crippen LogP contribution >= 0.6 is 0 Å². The number of fused-ring (bicyclic) bond motifs is 4. The minimum atomic E-state index is -1.87. The van der Waals surface area contributed by atoms with E-state index in [1.54, 1.807) is 24.3 Å². The van der Waals surface area contributed by atoms with Crippen LogP contribution in [0.4, 0.5) is 34.1 Å². The zero-order valence-electron chi connectivity index (χ0n) is 30.9. The monoisotopic (exact) mass is 732 g/mol. The first-order chi connectivity index (χ1) is 26.1. The van der Waals surface area contributed by atoms with E-state index in [0.29, 0.717) is 22.3 Å². The van der Waals surface area contributed by atoms with Crippen molar-refractivity contribution in [3.63, 3.8) is 0 Å².